The molecule has 0 aliphatic heterocycles. The monoisotopic (exact) mass is 382 g/mol. The van der Waals surface area contributed by atoms with Gasteiger partial charge in [-0.1, -0.05) is 72.8 Å². The third-order valence-electron chi connectivity index (χ3n) is 4.52. The average molecular weight is 383 g/mol. The zero-order valence-electron chi connectivity index (χ0n) is 16.2. The van der Waals surface area contributed by atoms with Gasteiger partial charge in [-0.2, -0.15) is 0 Å². The van der Waals surface area contributed by atoms with Crippen LogP contribution in [0.25, 0.3) is 0 Å². The second-order valence-corrected chi connectivity index (χ2v) is 6.70. The average Bonchev–Trinajstić information content (AvgIpc) is 2.74. The van der Waals surface area contributed by atoms with Gasteiger partial charge in [-0.05, 0) is 24.0 Å². The number of ether oxygens (including phenoxy) is 2. The summed E-state index contributed by atoms with van der Waals surface area (Å²) in [4.78, 5) is 0. The van der Waals surface area contributed by atoms with E-state index in [1.807, 2.05) is 60.7 Å². The van der Waals surface area contributed by atoms with Crippen LogP contribution >= 0.6 is 0 Å². The van der Waals surface area contributed by atoms with Crippen molar-refractivity contribution in [1.82, 2.24) is 0 Å². The lowest BCUT2D eigenvalue weighted by atomic mass is 9.98. The molecule has 2 rings (SSSR count). The first kappa shape index (κ1) is 22.1. The molecule has 0 bridgehead atoms. The SMILES string of the molecule is C=CC[C@@H](OCc1ccccc1)[C@H](O)[C@@H](O)[C@@H](CC=C)OCc1ccccc1. The quantitative estimate of drug-likeness (QED) is 0.514. The Balaban J connectivity index is 1.98. The van der Waals surface area contributed by atoms with Gasteiger partial charge in [0, 0.05) is 0 Å². The summed E-state index contributed by atoms with van der Waals surface area (Å²) in [5, 5.41) is 21.5. The zero-order valence-corrected chi connectivity index (χ0v) is 16.2. The summed E-state index contributed by atoms with van der Waals surface area (Å²) in [6.45, 7) is 8.16. The highest BCUT2D eigenvalue weighted by atomic mass is 16.5. The minimum atomic E-state index is -1.11. The fraction of sp³-hybridized carbons (Fsp3) is 0.333. The molecule has 150 valence electrons. The van der Waals surface area contributed by atoms with Crippen molar-refractivity contribution in [2.75, 3.05) is 0 Å². The van der Waals surface area contributed by atoms with E-state index in [1.54, 1.807) is 12.2 Å². The van der Waals surface area contributed by atoms with E-state index in [0.717, 1.165) is 11.1 Å². The first-order valence-electron chi connectivity index (χ1n) is 9.54. The summed E-state index contributed by atoms with van der Waals surface area (Å²) in [6.07, 6.45) is 0.818. The lowest BCUT2D eigenvalue weighted by Gasteiger charge is -2.31. The molecule has 28 heavy (non-hydrogen) atoms. The predicted octanol–water partition coefficient (Wildman–Crippen LogP) is 4.03. The molecule has 0 radical (unpaired) electrons. The summed E-state index contributed by atoms with van der Waals surface area (Å²) in [5.41, 5.74) is 2.00. The summed E-state index contributed by atoms with van der Waals surface area (Å²) in [7, 11) is 0. The lowest BCUT2D eigenvalue weighted by molar-refractivity contribution is -0.141. The minimum absolute atomic E-state index is 0.347. The number of aliphatic hydroxyl groups excluding tert-OH is 2. The van der Waals surface area contributed by atoms with Gasteiger partial charge in [0.15, 0.2) is 0 Å². The number of rotatable bonds is 13. The highest BCUT2D eigenvalue weighted by molar-refractivity contribution is 5.14. The van der Waals surface area contributed by atoms with Gasteiger partial charge in [-0.3, -0.25) is 0 Å². The largest absolute Gasteiger partial charge is 0.388 e. The lowest BCUT2D eigenvalue weighted by Crippen LogP contribution is -2.46. The maximum atomic E-state index is 10.7. The van der Waals surface area contributed by atoms with Crippen molar-refractivity contribution in [3.05, 3.63) is 97.1 Å². The third kappa shape index (κ3) is 7.06. The number of benzene rings is 2. The van der Waals surface area contributed by atoms with Gasteiger partial charge < -0.3 is 19.7 Å². The molecular weight excluding hydrogens is 352 g/mol. The molecule has 0 amide bonds. The zero-order chi connectivity index (χ0) is 20.2. The van der Waals surface area contributed by atoms with Crippen LogP contribution < -0.4 is 0 Å². The first-order chi connectivity index (χ1) is 13.7. The Labute approximate surface area is 167 Å². The molecule has 0 heterocycles. The molecule has 0 unspecified atom stereocenters. The van der Waals surface area contributed by atoms with Crippen LogP contribution in [0.15, 0.2) is 86.0 Å². The Morgan fingerprint density at radius 3 is 1.36 bits per heavy atom. The standard InChI is InChI=1S/C24H30O4/c1-3-11-21(27-17-19-13-7-5-8-14-19)23(25)24(26)22(12-4-2)28-18-20-15-9-6-10-16-20/h3-10,13-16,21-26H,1-2,11-12,17-18H2/t21-,22-,23+,24+/m1/s1. The third-order valence-corrected chi connectivity index (χ3v) is 4.52. The molecule has 2 aromatic rings. The van der Waals surface area contributed by atoms with E-state index in [-0.39, 0.29) is 0 Å². The first-order valence-corrected chi connectivity index (χ1v) is 9.54. The van der Waals surface area contributed by atoms with Crippen LogP contribution in [0.1, 0.15) is 24.0 Å². The predicted molar refractivity (Wildman–Crippen MR) is 112 cm³/mol. The highest BCUT2D eigenvalue weighted by Gasteiger charge is 2.32. The molecule has 0 saturated carbocycles. The summed E-state index contributed by atoms with van der Waals surface area (Å²) in [6, 6.07) is 19.4. The second-order valence-electron chi connectivity index (χ2n) is 6.70. The molecule has 2 N–H and O–H groups in total. The Morgan fingerprint density at radius 1 is 0.679 bits per heavy atom. The normalized spacial score (nSPS) is 15.4. The Morgan fingerprint density at radius 2 is 1.04 bits per heavy atom. The van der Waals surface area contributed by atoms with E-state index >= 15 is 0 Å². The van der Waals surface area contributed by atoms with Crippen molar-refractivity contribution in [2.45, 2.75) is 50.5 Å². The topological polar surface area (TPSA) is 58.9 Å². The van der Waals surface area contributed by atoms with E-state index < -0.39 is 24.4 Å². The maximum absolute atomic E-state index is 10.7. The number of hydrogen-bond donors (Lipinski definition) is 2. The molecule has 0 spiro atoms. The summed E-state index contributed by atoms with van der Waals surface area (Å²) in [5.74, 6) is 0. The molecule has 4 heteroatoms. The van der Waals surface area contributed by atoms with Gasteiger partial charge in [-0.15, -0.1) is 13.2 Å². The van der Waals surface area contributed by atoms with Crippen molar-refractivity contribution in [1.29, 1.82) is 0 Å². The van der Waals surface area contributed by atoms with Gasteiger partial charge in [0.2, 0.25) is 0 Å². The molecule has 2 aromatic carbocycles. The number of hydrogen-bond acceptors (Lipinski definition) is 4. The Bertz CT molecular complexity index is 625. The van der Waals surface area contributed by atoms with Crippen LogP contribution in [0.4, 0.5) is 0 Å². The van der Waals surface area contributed by atoms with Crippen LogP contribution in [0.3, 0.4) is 0 Å². The van der Waals surface area contributed by atoms with Crippen molar-refractivity contribution in [3.8, 4) is 0 Å². The van der Waals surface area contributed by atoms with Gasteiger partial charge >= 0.3 is 0 Å². The van der Waals surface area contributed by atoms with Crippen molar-refractivity contribution in [2.24, 2.45) is 0 Å². The fourth-order valence-electron chi connectivity index (χ4n) is 2.94. The molecule has 0 saturated heterocycles. The Hall–Kier alpha value is -2.24. The molecule has 0 aromatic heterocycles. The maximum Gasteiger partial charge on any atom is 0.109 e. The number of aliphatic hydroxyl groups is 2. The van der Waals surface area contributed by atoms with E-state index in [0.29, 0.717) is 26.1 Å². The van der Waals surface area contributed by atoms with Crippen LogP contribution in [-0.4, -0.2) is 34.6 Å². The molecule has 4 nitrogen and oxygen atoms in total. The van der Waals surface area contributed by atoms with E-state index in [4.69, 9.17) is 9.47 Å². The van der Waals surface area contributed by atoms with Gasteiger partial charge in [0.05, 0.1) is 25.4 Å². The van der Waals surface area contributed by atoms with Crippen LogP contribution in [0.2, 0.25) is 0 Å². The summed E-state index contributed by atoms with van der Waals surface area (Å²) < 4.78 is 11.8. The van der Waals surface area contributed by atoms with E-state index in [2.05, 4.69) is 13.2 Å². The minimum Gasteiger partial charge on any atom is -0.388 e. The molecule has 0 fully saturated rings. The molecule has 0 aliphatic carbocycles. The smallest absolute Gasteiger partial charge is 0.109 e. The van der Waals surface area contributed by atoms with Crippen LogP contribution in [0.5, 0.6) is 0 Å². The highest BCUT2D eigenvalue weighted by Crippen LogP contribution is 2.19. The fourth-order valence-corrected chi connectivity index (χ4v) is 2.94. The van der Waals surface area contributed by atoms with Gasteiger partial charge in [0.25, 0.3) is 0 Å². The molecular formula is C24H30O4. The van der Waals surface area contributed by atoms with Gasteiger partial charge in [-0.25, -0.2) is 0 Å². The van der Waals surface area contributed by atoms with Gasteiger partial charge in [0.1, 0.15) is 12.2 Å². The molecule has 0 aliphatic rings. The van der Waals surface area contributed by atoms with Crippen LogP contribution in [0, 0.1) is 0 Å². The van der Waals surface area contributed by atoms with Crippen molar-refractivity contribution < 1.29 is 19.7 Å². The second kappa shape index (κ2) is 12.3. The Kier molecular flexibility index (Phi) is 9.66. The molecule has 4 atom stereocenters. The van der Waals surface area contributed by atoms with Crippen molar-refractivity contribution in [3.63, 3.8) is 0 Å². The van der Waals surface area contributed by atoms with Crippen molar-refractivity contribution >= 4 is 0 Å². The van der Waals surface area contributed by atoms with Crippen LogP contribution in [-0.2, 0) is 22.7 Å². The van der Waals surface area contributed by atoms with E-state index in [1.165, 1.54) is 0 Å². The summed E-state index contributed by atoms with van der Waals surface area (Å²) >= 11 is 0. The van der Waals surface area contributed by atoms with E-state index in [9.17, 15) is 10.2 Å².